The van der Waals surface area contributed by atoms with E-state index in [1.807, 2.05) is 0 Å². The zero-order chi connectivity index (χ0) is 13.9. The number of rotatable bonds is 4. The highest BCUT2D eigenvalue weighted by molar-refractivity contribution is 5.79. The summed E-state index contributed by atoms with van der Waals surface area (Å²) >= 11 is 0. The van der Waals surface area contributed by atoms with Crippen molar-refractivity contribution in [2.75, 3.05) is 0 Å². The van der Waals surface area contributed by atoms with Crippen LogP contribution in [0.2, 0.25) is 0 Å². The average molecular weight is 253 g/mol. The molecule has 5 nitrogen and oxygen atoms in total. The number of carbonyl (C=O) groups is 1. The van der Waals surface area contributed by atoms with Gasteiger partial charge in [0.15, 0.2) is 0 Å². The largest absolute Gasteiger partial charge is 0.424 e. The van der Waals surface area contributed by atoms with Gasteiger partial charge >= 0.3 is 0 Å². The Morgan fingerprint density at radius 2 is 1.94 bits per heavy atom. The topological polar surface area (TPSA) is 68.0 Å². The van der Waals surface area contributed by atoms with Crippen molar-refractivity contribution < 1.29 is 9.21 Å². The fourth-order valence-electron chi connectivity index (χ4n) is 2.38. The van der Waals surface area contributed by atoms with Crippen molar-refractivity contribution in [1.82, 2.24) is 15.5 Å². The second-order valence-electron chi connectivity index (χ2n) is 6.02. The van der Waals surface area contributed by atoms with Gasteiger partial charge in [-0.15, -0.1) is 10.2 Å². The monoisotopic (exact) mass is 253 g/mol. The summed E-state index contributed by atoms with van der Waals surface area (Å²) in [7, 11) is 0. The molecule has 0 saturated heterocycles. The summed E-state index contributed by atoms with van der Waals surface area (Å²) in [5, 5.41) is 10.4. The van der Waals surface area contributed by atoms with Gasteiger partial charge in [-0.25, -0.2) is 0 Å². The Hall–Kier alpha value is -1.39. The van der Waals surface area contributed by atoms with Crippen LogP contribution in [-0.4, -0.2) is 16.1 Å². The van der Waals surface area contributed by atoms with Gasteiger partial charge in [-0.2, -0.15) is 0 Å². The third-order valence-corrected chi connectivity index (χ3v) is 2.86. The van der Waals surface area contributed by atoms with Gasteiger partial charge < -0.3 is 9.73 Å². The van der Waals surface area contributed by atoms with Crippen molar-refractivity contribution in [2.45, 2.75) is 48.1 Å². The first kappa shape index (κ1) is 14.7. The zero-order valence-corrected chi connectivity index (χ0v) is 12.1. The van der Waals surface area contributed by atoms with Gasteiger partial charge in [0.25, 0.3) is 0 Å². The molecule has 0 saturated carbocycles. The van der Waals surface area contributed by atoms with Gasteiger partial charge in [0.05, 0.1) is 6.54 Å². The lowest BCUT2D eigenvalue weighted by molar-refractivity contribution is -0.130. The van der Waals surface area contributed by atoms with Crippen LogP contribution in [0.5, 0.6) is 0 Å². The van der Waals surface area contributed by atoms with E-state index in [4.69, 9.17) is 4.42 Å². The molecule has 1 amide bonds. The summed E-state index contributed by atoms with van der Waals surface area (Å²) in [5.74, 6) is 1.23. The van der Waals surface area contributed by atoms with Gasteiger partial charge in [-0.3, -0.25) is 4.79 Å². The van der Waals surface area contributed by atoms with Crippen LogP contribution >= 0.6 is 0 Å². The number of hydrogen-bond acceptors (Lipinski definition) is 4. The molecule has 0 bridgehead atoms. The molecule has 1 aromatic heterocycles. The molecule has 1 N–H and O–H groups in total. The minimum atomic E-state index is -0.0665. The normalized spacial score (nSPS) is 13.7. The van der Waals surface area contributed by atoms with E-state index in [2.05, 4.69) is 50.1 Å². The molecule has 0 aliphatic heterocycles. The van der Waals surface area contributed by atoms with Crippen LogP contribution in [0.4, 0.5) is 0 Å². The first-order chi connectivity index (χ1) is 8.21. The number of nitrogens with zero attached hydrogens (tertiary/aromatic N) is 2. The summed E-state index contributed by atoms with van der Waals surface area (Å²) in [5.41, 5.74) is -0.0665. The fraction of sp³-hybridized carbons (Fsp3) is 0.769. The SMILES string of the molecule is Cc1nnc(CNC(=O)C(C(C)C)C(C)(C)C)o1. The van der Waals surface area contributed by atoms with Crippen molar-refractivity contribution in [3.8, 4) is 0 Å². The van der Waals surface area contributed by atoms with Crippen molar-refractivity contribution in [2.24, 2.45) is 17.3 Å². The predicted octanol–water partition coefficient (Wildman–Crippen LogP) is 2.31. The molecule has 18 heavy (non-hydrogen) atoms. The number of aryl methyl sites for hydroxylation is 1. The van der Waals surface area contributed by atoms with E-state index < -0.39 is 0 Å². The molecule has 1 aromatic rings. The van der Waals surface area contributed by atoms with E-state index >= 15 is 0 Å². The Labute approximate surface area is 108 Å². The predicted molar refractivity (Wildman–Crippen MR) is 68.7 cm³/mol. The molecule has 0 aliphatic carbocycles. The number of amides is 1. The first-order valence-corrected chi connectivity index (χ1v) is 6.28. The van der Waals surface area contributed by atoms with Crippen LogP contribution in [0.25, 0.3) is 0 Å². The summed E-state index contributed by atoms with van der Waals surface area (Å²) in [6, 6.07) is 0. The summed E-state index contributed by atoms with van der Waals surface area (Å²) in [4.78, 5) is 12.2. The average Bonchev–Trinajstić information content (AvgIpc) is 2.58. The number of hydrogen-bond donors (Lipinski definition) is 1. The van der Waals surface area contributed by atoms with E-state index in [-0.39, 0.29) is 23.2 Å². The van der Waals surface area contributed by atoms with Crippen molar-refractivity contribution in [1.29, 1.82) is 0 Å². The Morgan fingerprint density at radius 3 is 2.33 bits per heavy atom. The van der Waals surface area contributed by atoms with Gasteiger partial charge in [-0.05, 0) is 11.3 Å². The fourth-order valence-corrected chi connectivity index (χ4v) is 2.38. The minimum absolute atomic E-state index is 0.0355. The molecular weight excluding hydrogens is 230 g/mol. The van der Waals surface area contributed by atoms with E-state index in [1.54, 1.807) is 6.92 Å². The van der Waals surface area contributed by atoms with Crippen molar-refractivity contribution >= 4 is 5.91 Å². The van der Waals surface area contributed by atoms with Crippen LogP contribution in [0.1, 0.15) is 46.4 Å². The molecule has 1 atom stereocenters. The molecule has 102 valence electrons. The van der Waals surface area contributed by atoms with Crippen LogP contribution in [0.15, 0.2) is 4.42 Å². The third-order valence-electron chi connectivity index (χ3n) is 2.86. The Kier molecular flexibility index (Phi) is 4.48. The third kappa shape index (κ3) is 3.82. The second kappa shape index (κ2) is 5.50. The van der Waals surface area contributed by atoms with E-state index in [1.165, 1.54) is 0 Å². The quantitative estimate of drug-likeness (QED) is 0.894. The summed E-state index contributed by atoms with van der Waals surface area (Å²) in [6.07, 6.45) is 0. The maximum Gasteiger partial charge on any atom is 0.235 e. The number of nitrogens with one attached hydrogen (secondary N) is 1. The summed E-state index contributed by atoms with van der Waals surface area (Å²) in [6.45, 7) is 12.4. The highest BCUT2D eigenvalue weighted by Gasteiger charge is 2.33. The molecule has 0 spiro atoms. The lowest BCUT2D eigenvalue weighted by Gasteiger charge is -2.32. The maximum atomic E-state index is 12.2. The van der Waals surface area contributed by atoms with Crippen LogP contribution in [0, 0.1) is 24.2 Å². The highest BCUT2D eigenvalue weighted by Crippen LogP contribution is 2.32. The van der Waals surface area contributed by atoms with Crippen molar-refractivity contribution in [3.05, 3.63) is 11.8 Å². The standard InChI is InChI=1S/C13H23N3O2/c1-8(2)11(13(4,5)6)12(17)14-7-10-16-15-9(3)18-10/h8,11H,7H2,1-6H3,(H,14,17). The minimum Gasteiger partial charge on any atom is -0.424 e. The molecule has 1 rings (SSSR count). The van der Waals surface area contributed by atoms with Crippen LogP contribution in [-0.2, 0) is 11.3 Å². The van der Waals surface area contributed by atoms with Gasteiger partial charge in [0.1, 0.15) is 0 Å². The van der Waals surface area contributed by atoms with E-state index in [9.17, 15) is 4.79 Å². The lowest BCUT2D eigenvalue weighted by atomic mass is 9.74. The first-order valence-electron chi connectivity index (χ1n) is 6.28. The second-order valence-corrected chi connectivity index (χ2v) is 6.02. The van der Waals surface area contributed by atoms with E-state index in [0.29, 0.717) is 18.3 Å². The Balaban J connectivity index is 2.63. The van der Waals surface area contributed by atoms with E-state index in [0.717, 1.165) is 0 Å². The number of aromatic nitrogens is 2. The van der Waals surface area contributed by atoms with Gasteiger partial charge in [0.2, 0.25) is 17.7 Å². The molecule has 5 heteroatoms. The summed E-state index contributed by atoms with van der Waals surface area (Å²) < 4.78 is 5.22. The van der Waals surface area contributed by atoms with Crippen LogP contribution < -0.4 is 5.32 Å². The lowest BCUT2D eigenvalue weighted by Crippen LogP contribution is -2.40. The maximum absolute atomic E-state index is 12.2. The zero-order valence-electron chi connectivity index (χ0n) is 12.1. The molecule has 1 unspecified atom stereocenters. The van der Waals surface area contributed by atoms with Gasteiger partial charge in [0, 0.05) is 12.8 Å². The molecule has 0 aromatic carbocycles. The molecule has 1 heterocycles. The molecule has 0 aliphatic rings. The Morgan fingerprint density at radius 1 is 1.33 bits per heavy atom. The highest BCUT2D eigenvalue weighted by atomic mass is 16.4. The molecule has 0 radical (unpaired) electrons. The number of carbonyl (C=O) groups excluding carboxylic acids is 1. The smallest absolute Gasteiger partial charge is 0.235 e. The van der Waals surface area contributed by atoms with Crippen molar-refractivity contribution in [3.63, 3.8) is 0 Å². The Bertz CT molecular complexity index is 405. The molecule has 0 fully saturated rings. The van der Waals surface area contributed by atoms with Gasteiger partial charge in [-0.1, -0.05) is 34.6 Å². The molecular formula is C13H23N3O2. The van der Waals surface area contributed by atoms with Crippen LogP contribution in [0.3, 0.4) is 0 Å².